The fourth-order valence-corrected chi connectivity index (χ4v) is 4.15. The number of benzene rings is 2. The summed E-state index contributed by atoms with van der Waals surface area (Å²) in [6.45, 7) is 6.67. The van der Waals surface area contributed by atoms with Gasteiger partial charge in [-0.1, -0.05) is 30.3 Å². The van der Waals surface area contributed by atoms with Crippen molar-refractivity contribution in [3.8, 4) is 0 Å². The first kappa shape index (κ1) is 17.0. The summed E-state index contributed by atoms with van der Waals surface area (Å²) in [5.41, 5.74) is 6.38. The Morgan fingerprint density at radius 1 is 1.00 bits per heavy atom. The maximum Gasteiger partial charge on any atom is 0.0722 e. The molecule has 0 bridgehead atoms. The number of fused-ring (bicyclic) bond motifs is 1. The molecule has 0 amide bonds. The normalized spacial score (nSPS) is 17.3. The molecule has 1 aromatic heterocycles. The largest absolute Gasteiger partial charge is 0.375 e. The second kappa shape index (κ2) is 6.73. The van der Waals surface area contributed by atoms with Crippen LogP contribution in [0.4, 0.5) is 5.69 Å². The number of hydrogen-bond donors (Lipinski definition) is 1. The molecule has 1 N–H and O–H groups in total. The molecule has 0 radical (unpaired) electrons. The molecule has 1 fully saturated rings. The van der Waals surface area contributed by atoms with E-state index in [-0.39, 0.29) is 5.54 Å². The maximum absolute atomic E-state index is 4.53. The first-order valence-electron chi connectivity index (χ1n) is 9.46. The molecular formula is C23H27N3. The van der Waals surface area contributed by atoms with Crippen LogP contribution >= 0.6 is 0 Å². The molecule has 1 aliphatic heterocycles. The van der Waals surface area contributed by atoms with E-state index in [1.807, 2.05) is 12.3 Å². The average molecular weight is 345 g/mol. The fraction of sp³-hybridized carbons (Fsp3) is 0.348. The van der Waals surface area contributed by atoms with Crippen molar-refractivity contribution in [2.45, 2.75) is 32.2 Å². The molecule has 0 unspecified atom stereocenters. The summed E-state index contributed by atoms with van der Waals surface area (Å²) in [6.07, 6.45) is 4.07. The highest BCUT2D eigenvalue weighted by Gasteiger charge is 2.36. The monoisotopic (exact) mass is 345 g/mol. The Hall–Kier alpha value is -2.39. The van der Waals surface area contributed by atoms with E-state index in [1.54, 1.807) is 0 Å². The van der Waals surface area contributed by atoms with Crippen molar-refractivity contribution in [2.75, 3.05) is 25.5 Å². The predicted octanol–water partition coefficient (Wildman–Crippen LogP) is 4.88. The van der Waals surface area contributed by atoms with E-state index in [0.717, 1.165) is 37.1 Å². The fourth-order valence-electron chi connectivity index (χ4n) is 4.15. The Morgan fingerprint density at radius 3 is 2.62 bits per heavy atom. The second-order valence-corrected chi connectivity index (χ2v) is 7.67. The third-order valence-corrected chi connectivity index (χ3v) is 5.95. The van der Waals surface area contributed by atoms with Gasteiger partial charge in [0, 0.05) is 30.4 Å². The average Bonchev–Trinajstić information content (AvgIpc) is 2.66. The topological polar surface area (TPSA) is 28.2 Å². The highest BCUT2D eigenvalue weighted by molar-refractivity contribution is 5.82. The molecule has 2 aromatic carbocycles. The van der Waals surface area contributed by atoms with Crippen molar-refractivity contribution in [3.63, 3.8) is 0 Å². The molecule has 3 nitrogen and oxygen atoms in total. The van der Waals surface area contributed by atoms with Crippen LogP contribution in [0.1, 0.15) is 29.5 Å². The van der Waals surface area contributed by atoms with Crippen molar-refractivity contribution in [1.82, 2.24) is 9.88 Å². The standard InChI is InChI=1S/C23H27N3/c1-17-6-4-8-21(18(17)2)23(11-14-26(3)15-12-23)25-20-10-9-19-7-5-13-24-22(19)16-20/h4-10,13,16,25H,11-12,14-15H2,1-3H3. The highest BCUT2D eigenvalue weighted by atomic mass is 15.1. The van der Waals surface area contributed by atoms with Gasteiger partial charge in [-0.25, -0.2) is 0 Å². The van der Waals surface area contributed by atoms with Crippen LogP contribution in [0.5, 0.6) is 0 Å². The van der Waals surface area contributed by atoms with Gasteiger partial charge in [0.25, 0.3) is 0 Å². The highest BCUT2D eigenvalue weighted by Crippen LogP contribution is 2.39. The molecule has 3 aromatic rings. The van der Waals surface area contributed by atoms with E-state index in [9.17, 15) is 0 Å². The number of nitrogens with zero attached hydrogens (tertiary/aromatic N) is 2. The lowest BCUT2D eigenvalue weighted by Gasteiger charge is -2.43. The summed E-state index contributed by atoms with van der Waals surface area (Å²) in [7, 11) is 2.22. The summed E-state index contributed by atoms with van der Waals surface area (Å²) in [5, 5.41) is 5.11. The summed E-state index contributed by atoms with van der Waals surface area (Å²) in [6, 6.07) is 17.3. The molecule has 3 heteroatoms. The number of piperidine rings is 1. The zero-order valence-electron chi connectivity index (χ0n) is 15.9. The summed E-state index contributed by atoms with van der Waals surface area (Å²) in [4.78, 5) is 6.95. The molecule has 1 saturated heterocycles. The van der Waals surface area contributed by atoms with E-state index in [0.29, 0.717) is 0 Å². The Balaban J connectivity index is 1.76. The van der Waals surface area contributed by atoms with Gasteiger partial charge in [0.15, 0.2) is 0 Å². The van der Waals surface area contributed by atoms with E-state index in [2.05, 4.69) is 78.6 Å². The third-order valence-electron chi connectivity index (χ3n) is 5.95. The minimum Gasteiger partial charge on any atom is -0.375 e. The van der Waals surface area contributed by atoms with Crippen molar-refractivity contribution in [1.29, 1.82) is 0 Å². The summed E-state index contributed by atoms with van der Waals surface area (Å²) < 4.78 is 0. The van der Waals surface area contributed by atoms with Crippen LogP contribution in [0.15, 0.2) is 54.7 Å². The number of anilines is 1. The van der Waals surface area contributed by atoms with Gasteiger partial charge in [0.2, 0.25) is 0 Å². The van der Waals surface area contributed by atoms with Crippen LogP contribution in [0.3, 0.4) is 0 Å². The van der Waals surface area contributed by atoms with Gasteiger partial charge in [-0.2, -0.15) is 0 Å². The molecule has 1 aliphatic rings. The Bertz CT molecular complexity index is 924. The van der Waals surface area contributed by atoms with E-state index in [4.69, 9.17) is 0 Å². The van der Waals surface area contributed by atoms with Crippen molar-refractivity contribution in [2.24, 2.45) is 0 Å². The van der Waals surface area contributed by atoms with Crippen LogP contribution in [-0.4, -0.2) is 30.0 Å². The van der Waals surface area contributed by atoms with E-state index >= 15 is 0 Å². The minimum absolute atomic E-state index is 0.0227. The van der Waals surface area contributed by atoms with E-state index < -0.39 is 0 Å². The number of pyridine rings is 1. The van der Waals surface area contributed by atoms with Crippen LogP contribution < -0.4 is 5.32 Å². The number of hydrogen-bond acceptors (Lipinski definition) is 3. The number of aryl methyl sites for hydroxylation is 1. The quantitative estimate of drug-likeness (QED) is 0.733. The summed E-state index contributed by atoms with van der Waals surface area (Å²) in [5.74, 6) is 0. The molecule has 4 rings (SSSR count). The minimum atomic E-state index is -0.0227. The molecule has 2 heterocycles. The number of likely N-dealkylation sites (tertiary alicyclic amines) is 1. The van der Waals surface area contributed by atoms with Gasteiger partial charge in [0.05, 0.1) is 11.1 Å². The van der Waals surface area contributed by atoms with Crippen molar-refractivity contribution >= 4 is 16.6 Å². The van der Waals surface area contributed by atoms with Gasteiger partial charge >= 0.3 is 0 Å². The molecule has 0 aliphatic carbocycles. The van der Waals surface area contributed by atoms with Crippen LogP contribution in [0.25, 0.3) is 10.9 Å². The lowest BCUT2D eigenvalue weighted by molar-refractivity contribution is 0.205. The van der Waals surface area contributed by atoms with Gasteiger partial charge in [-0.3, -0.25) is 4.98 Å². The maximum atomic E-state index is 4.53. The smallest absolute Gasteiger partial charge is 0.0722 e. The number of nitrogens with one attached hydrogen (secondary N) is 1. The third kappa shape index (κ3) is 3.08. The predicted molar refractivity (Wildman–Crippen MR) is 110 cm³/mol. The van der Waals surface area contributed by atoms with Crippen molar-refractivity contribution in [3.05, 3.63) is 71.4 Å². The number of rotatable bonds is 3. The van der Waals surface area contributed by atoms with E-state index in [1.165, 1.54) is 22.1 Å². The Kier molecular flexibility index (Phi) is 4.41. The number of aromatic nitrogens is 1. The molecule has 0 saturated carbocycles. The zero-order chi connectivity index (χ0) is 18.1. The van der Waals surface area contributed by atoms with Crippen LogP contribution in [-0.2, 0) is 5.54 Å². The molecule has 26 heavy (non-hydrogen) atoms. The molecule has 0 spiro atoms. The molecular weight excluding hydrogens is 318 g/mol. The zero-order valence-corrected chi connectivity index (χ0v) is 15.9. The summed E-state index contributed by atoms with van der Waals surface area (Å²) >= 11 is 0. The van der Waals surface area contributed by atoms with Gasteiger partial charge in [-0.05, 0) is 68.6 Å². The lowest BCUT2D eigenvalue weighted by Crippen LogP contribution is -2.46. The lowest BCUT2D eigenvalue weighted by atomic mass is 9.78. The first-order valence-corrected chi connectivity index (χ1v) is 9.46. The Labute approximate surface area is 156 Å². The van der Waals surface area contributed by atoms with Crippen LogP contribution in [0, 0.1) is 13.8 Å². The van der Waals surface area contributed by atoms with Crippen molar-refractivity contribution < 1.29 is 0 Å². The second-order valence-electron chi connectivity index (χ2n) is 7.67. The first-order chi connectivity index (χ1) is 12.6. The molecule has 0 atom stereocenters. The Morgan fingerprint density at radius 2 is 1.81 bits per heavy atom. The van der Waals surface area contributed by atoms with Gasteiger partial charge in [-0.15, -0.1) is 0 Å². The van der Waals surface area contributed by atoms with Gasteiger partial charge < -0.3 is 10.2 Å². The molecule has 134 valence electrons. The SMILES string of the molecule is Cc1cccc(C2(Nc3ccc4cccnc4c3)CCN(C)CC2)c1C. The van der Waals surface area contributed by atoms with Crippen LogP contribution in [0.2, 0.25) is 0 Å². The van der Waals surface area contributed by atoms with Gasteiger partial charge in [0.1, 0.15) is 0 Å².